The highest BCUT2D eigenvalue weighted by molar-refractivity contribution is 14.1. The summed E-state index contributed by atoms with van der Waals surface area (Å²) in [5.41, 5.74) is 1.58. The number of halogens is 2. The standard InChI is InChI=1S/C23H23FINO4S/c1-4-14(3)26-22(27)20(31-23(26)28)12-16-10-18(25)21(19(11-16)29-5-2)30-13-15-6-8-17(24)9-7-15/h6-12,14H,4-5,13H2,1-3H3/b20-12+/t14-/m1/s1. The van der Waals surface area contributed by atoms with E-state index in [2.05, 4.69) is 22.6 Å². The first-order valence-electron chi connectivity index (χ1n) is 9.94. The van der Waals surface area contributed by atoms with Crippen LogP contribution in [0.1, 0.15) is 38.3 Å². The summed E-state index contributed by atoms with van der Waals surface area (Å²) < 4.78 is 25.6. The number of rotatable bonds is 8. The van der Waals surface area contributed by atoms with E-state index in [4.69, 9.17) is 9.47 Å². The second-order valence-corrected chi connectivity index (χ2v) is 9.14. The molecule has 31 heavy (non-hydrogen) atoms. The van der Waals surface area contributed by atoms with Crippen molar-refractivity contribution >= 4 is 51.6 Å². The number of nitrogens with zero attached hydrogens (tertiary/aromatic N) is 1. The number of hydrogen-bond acceptors (Lipinski definition) is 5. The van der Waals surface area contributed by atoms with Crippen molar-refractivity contribution in [3.63, 3.8) is 0 Å². The van der Waals surface area contributed by atoms with E-state index >= 15 is 0 Å². The van der Waals surface area contributed by atoms with Crippen molar-refractivity contribution in [1.82, 2.24) is 4.90 Å². The van der Waals surface area contributed by atoms with Gasteiger partial charge in [0.15, 0.2) is 11.5 Å². The lowest BCUT2D eigenvalue weighted by atomic mass is 10.1. The fourth-order valence-corrected chi connectivity index (χ4v) is 4.72. The fourth-order valence-electron chi connectivity index (χ4n) is 3.00. The van der Waals surface area contributed by atoms with Gasteiger partial charge in [0.2, 0.25) is 0 Å². The number of amides is 2. The molecule has 5 nitrogen and oxygen atoms in total. The summed E-state index contributed by atoms with van der Waals surface area (Å²) >= 11 is 3.10. The first kappa shape index (κ1) is 23.6. The molecule has 0 N–H and O–H groups in total. The maximum absolute atomic E-state index is 13.1. The van der Waals surface area contributed by atoms with Crippen LogP contribution in [0.25, 0.3) is 6.08 Å². The molecule has 1 fully saturated rings. The minimum Gasteiger partial charge on any atom is -0.490 e. The highest BCUT2D eigenvalue weighted by Crippen LogP contribution is 2.38. The van der Waals surface area contributed by atoms with Gasteiger partial charge in [-0.05, 0) is 96.1 Å². The molecule has 0 spiro atoms. The molecule has 1 heterocycles. The van der Waals surface area contributed by atoms with E-state index in [1.807, 2.05) is 26.8 Å². The van der Waals surface area contributed by atoms with Crippen LogP contribution in [-0.2, 0) is 11.4 Å². The third kappa shape index (κ3) is 5.60. The van der Waals surface area contributed by atoms with Gasteiger partial charge in [0.1, 0.15) is 12.4 Å². The van der Waals surface area contributed by atoms with E-state index < -0.39 is 0 Å². The molecule has 3 rings (SSSR count). The van der Waals surface area contributed by atoms with Crippen LogP contribution in [0.5, 0.6) is 11.5 Å². The van der Waals surface area contributed by atoms with Crippen molar-refractivity contribution < 1.29 is 23.5 Å². The average molecular weight is 555 g/mol. The number of imide groups is 1. The third-order valence-electron chi connectivity index (χ3n) is 4.78. The molecule has 0 aromatic heterocycles. The Morgan fingerprint density at radius 1 is 1.16 bits per heavy atom. The Labute approximate surface area is 199 Å². The molecule has 1 aliphatic rings. The molecule has 0 saturated carbocycles. The lowest BCUT2D eigenvalue weighted by molar-refractivity contribution is -0.124. The minimum atomic E-state index is -0.296. The van der Waals surface area contributed by atoms with Crippen LogP contribution in [0.3, 0.4) is 0 Å². The SMILES string of the molecule is CCOc1cc(/C=C2/SC(=O)N([C@H](C)CC)C2=O)cc(I)c1OCc1ccc(F)cc1. The van der Waals surface area contributed by atoms with Crippen molar-refractivity contribution in [2.75, 3.05) is 6.61 Å². The molecule has 0 unspecified atom stereocenters. The van der Waals surface area contributed by atoms with Crippen molar-refractivity contribution in [2.45, 2.75) is 39.8 Å². The van der Waals surface area contributed by atoms with Crippen molar-refractivity contribution in [1.29, 1.82) is 0 Å². The summed E-state index contributed by atoms with van der Waals surface area (Å²) in [4.78, 5) is 26.7. The average Bonchev–Trinajstić information content (AvgIpc) is 3.01. The van der Waals surface area contributed by atoms with Gasteiger partial charge < -0.3 is 9.47 Å². The molecule has 2 aromatic carbocycles. The largest absolute Gasteiger partial charge is 0.490 e. The van der Waals surface area contributed by atoms with Crippen LogP contribution >= 0.6 is 34.4 Å². The van der Waals surface area contributed by atoms with Gasteiger partial charge in [0, 0.05) is 6.04 Å². The number of ether oxygens (including phenoxy) is 2. The Hall–Kier alpha value is -2.07. The van der Waals surface area contributed by atoms with Crippen LogP contribution in [0, 0.1) is 9.39 Å². The first-order valence-corrected chi connectivity index (χ1v) is 11.8. The Kier molecular flexibility index (Phi) is 7.99. The third-order valence-corrected chi connectivity index (χ3v) is 6.47. The van der Waals surface area contributed by atoms with Gasteiger partial charge in [-0.1, -0.05) is 19.1 Å². The van der Waals surface area contributed by atoms with E-state index in [-0.39, 0.29) is 29.6 Å². The van der Waals surface area contributed by atoms with E-state index in [1.54, 1.807) is 24.3 Å². The summed E-state index contributed by atoms with van der Waals surface area (Å²) in [5, 5.41) is -0.246. The zero-order valence-electron chi connectivity index (χ0n) is 17.5. The van der Waals surface area contributed by atoms with Gasteiger partial charge >= 0.3 is 0 Å². The molecular weight excluding hydrogens is 532 g/mol. The van der Waals surface area contributed by atoms with Gasteiger partial charge in [-0.3, -0.25) is 14.5 Å². The van der Waals surface area contributed by atoms with Crippen LogP contribution in [-0.4, -0.2) is 28.7 Å². The van der Waals surface area contributed by atoms with Gasteiger partial charge in [0.25, 0.3) is 11.1 Å². The van der Waals surface area contributed by atoms with Gasteiger partial charge in [-0.15, -0.1) is 0 Å². The van der Waals surface area contributed by atoms with Crippen LogP contribution in [0.4, 0.5) is 9.18 Å². The maximum atomic E-state index is 13.1. The summed E-state index contributed by atoms with van der Waals surface area (Å²) in [6.07, 6.45) is 2.42. The molecule has 0 bridgehead atoms. The summed E-state index contributed by atoms with van der Waals surface area (Å²) in [6.45, 7) is 6.39. The molecule has 0 radical (unpaired) electrons. The smallest absolute Gasteiger partial charge is 0.293 e. The number of hydrogen-bond donors (Lipinski definition) is 0. The van der Waals surface area contributed by atoms with Crippen LogP contribution in [0.2, 0.25) is 0 Å². The van der Waals surface area contributed by atoms with E-state index in [0.29, 0.717) is 29.4 Å². The fraction of sp³-hybridized carbons (Fsp3) is 0.304. The lowest BCUT2D eigenvalue weighted by Gasteiger charge is -2.19. The predicted octanol–water partition coefficient (Wildman–Crippen LogP) is 6.24. The summed E-state index contributed by atoms with van der Waals surface area (Å²) in [7, 11) is 0. The molecule has 1 saturated heterocycles. The van der Waals surface area contributed by atoms with Gasteiger partial charge in [-0.25, -0.2) is 4.39 Å². The summed E-state index contributed by atoms with van der Waals surface area (Å²) in [5.74, 6) is 0.560. The highest BCUT2D eigenvalue weighted by atomic mass is 127. The predicted molar refractivity (Wildman–Crippen MR) is 129 cm³/mol. The monoisotopic (exact) mass is 555 g/mol. The maximum Gasteiger partial charge on any atom is 0.293 e. The Morgan fingerprint density at radius 3 is 2.52 bits per heavy atom. The Morgan fingerprint density at radius 2 is 1.87 bits per heavy atom. The molecule has 1 aliphatic heterocycles. The van der Waals surface area contributed by atoms with Crippen LogP contribution in [0.15, 0.2) is 41.3 Å². The molecule has 0 aliphatic carbocycles. The van der Waals surface area contributed by atoms with Crippen molar-refractivity contribution in [2.24, 2.45) is 0 Å². The molecule has 2 aromatic rings. The number of carbonyl (C=O) groups excluding carboxylic acids is 2. The molecule has 1 atom stereocenters. The van der Waals surface area contributed by atoms with Crippen molar-refractivity contribution in [3.8, 4) is 11.5 Å². The van der Waals surface area contributed by atoms with E-state index in [1.165, 1.54) is 17.0 Å². The molecular formula is C23H23FINO4S. The minimum absolute atomic E-state index is 0.139. The highest BCUT2D eigenvalue weighted by Gasteiger charge is 2.37. The zero-order valence-corrected chi connectivity index (χ0v) is 20.5. The number of benzene rings is 2. The van der Waals surface area contributed by atoms with Crippen molar-refractivity contribution in [3.05, 3.63) is 61.8 Å². The quantitative estimate of drug-likeness (QED) is 0.285. The Balaban J connectivity index is 1.86. The molecule has 8 heteroatoms. The normalized spacial score (nSPS) is 16.2. The number of thioether (sulfide) groups is 1. The second-order valence-electron chi connectivity index (χ2n) is 6.99. The summed E-state index contributed by atoms with van der Waals surface area (Å²) in [6, 6.07) is 9.66. The Bertz CT molecular complexity index is 1010. The number of carbonyl (C=O) groups is 2. The van der Waals surface area contributed by atoms with Gasteiger partial charge in [0.05, 0.1) is 15.1 Å². The van der Waals surface area contributed by atoms with E-state index in [9.17, 15) is 14.0 Å². The topological polar surface area (TPSA) is 55.8 Å². The molecule has 2 amide bonds. The van der Waals surface area contributed by atoms with Gasteiger partial charge in [-0.2, -0.15) is 0 Å². The zero-order chi connectivity index (χ0) is 22.5. The lowest BCUT2D eigenvalue weighted by Crippen LogP contribution is -2.36. The first-order chi connectivity index (χ1) is 14.8. The van der Waals surface area contributed by atoms with E-state index in [0.717, 1.165) is 26.5 Å². The van der Waals surface area contributed by atoms with Crippen LogP contribution < -0.4 is 9.47 Å². The second kappa shape index (κ2) is 10.5. The molecule has 164 valence electrons.